The van der Waals surface area contributed by atoms with Crippen molar-refractivity contribution in [3.05, 3.63) is 46.4 Å². The number of hydrogen-bond donors (Lipinski definition) is 0. The molecule has 4 nitrogen and oxygen atoms in total. The Morgan fingerprint density at radius 1 is 1.15 bits per heavy atom. The van der Waals surface area contributed by atoms with E-state index in [1.54, 1.807) is 0 Å². The quantitative estimate of drug-likeness (QED) is 0.424. The summed E-state index contributed by atoms with van der Waals surface area (Å²) in [6.45, 7) is 7.15. The van der Waals surface area contributed by atoms with Crippen molar-refractivity contribution in [1.82, 2.24) is 0 Å². The summed E-state index contributed by atoms with van der Waals surface area (Å²) in [6.07, 6.45) is 0. The van der Waals surface area contributed by atoms with Gasteiger partial charge in [0.2, 0.25) is 5.55 Å². The van der Waals surface area contributed by atoms with Crippen molar-refractivity contribution < 1.29 is 64.6 Å². The first-order chi connectivity index (χ1) is 11.3. The second-order valence-electron chi connectivity index (χ2n) is 7.45. The molecule has 0 radical (unpaired) electrons. The van der Waals surface area contributed by atoms with Crippen LogP contribution in [0.2, 0.25) is 24.7 Å². The van der Waals surface area contributed by atoms with Crippen molar-refractivity contribution in [2.75, 3.05) is 0 Å². The molecule has 0 bridgehead atoms. The monoisotopic (exact) mass is 532 g/mol. The number of halogens is 4. The fourth-order valence-electron chi connectivity index (χ4n) is 2.54. The predicted octanol–water partition coefficient (Wildman–Crippen LogP) is 0.819. The fourth-order valence-corrected chi connectivity index (χ4v) is 3.84. The van der Waals surface area contributed by atoms with Crippen LogP contribution in [0.15, 0.2) is 35.8 Å². The molecule has 0 aromatic heterocycles. The standard InChI is InChI=1S/C17H21ClF2O4Si.BrH.Zn/c1-16(2)23-14(21)12(15(22)24-16)13(17(19,20)25(3,4)5)10-6-8-11(18)9-7-10;;/h6-9,13,21H,1-5H3;1H;/q;;+2/p-2. The Morgan fingerprint density at radius 2 is 1.63 bits per heavy atom. The molecule has 2 rings (SSSR count). The van der Waals surface area contributed by atoms with Gasteiger partial charge in [0.1, 0.15) is 8.07 Å². The molecule has 1 aliphatic rings. The number of esters is 1. The summed E-state index contributed by atoms with van der Waals surface area (Å²) >= 11 is 5.83. The summed E-state index contributed by atoms with van der Waals surface area (Å²) in [5.41, 5.74) is -3.87. The number of alkyl halides is 2. The van der Waals surface area contributed by atoms with Crippen molar-refractivity contribution in [1.29, 1.82) is 0 Å². The smallest absolute Gasteiger partial charge is 1.00 e. The average Bonchev–Trinajstić information content (AvgIpc) is 2.41. The van der Waals surface area contributed by atoms with Gasteiger partial charge in [-0.1, -0.05) is 43.4 Å². The maximum absolute atomic E-state index is 15.3. The third kappa shape index (κ3) is 5.52. The Bertz CT molecular complexity index is 721. The minimum absolute atomic E-state index is 0. The zero-order valence-corrected chi connectivity index (χ0v) is 22.0. The molecule has 1 unspecified atom stereocenters. The largest absolute Gasteiger partial charge is 2.00 e. The molecule has 1 aromatic rings. The van der Waals surface area contributed by atoms with Gasteiger partial charge in [0.05, 0.1) is 17.4 Å². The summed E-state index contributed by atoms with van der Waals surface area (Å²) in [4.78, 5) is 12.4. The van der Waals surface area contributed by atoms with Gasteiger partial charge in [-0.25, -0.2) is 13.6 Å². The van der Waals surface area contributed by atoms with Gasteiger partial charge in [0.15, 0.2) is 5.79 Å². The molecule has 0 amide bonds. The third-order valence-electron chi connectivity index (χ3n) is 3.97. The molecule has 1 atom stereocenters. The van der Waals surface area contributed by atoms with E-state index in [0.29, 0.717) is 5.02 Å². The minimum atomic E-state index is -3.30. The first kappa shape index (κ1) is 26.5. The van der Waals surface area contributed by atoms with Gasteiger partial charge in [0.25, 0.3) is 0 Å². The van der Waals surface area contributed by atoms with Gasteiger partial charge in [0, 0.05) is 5.02 Å². The predicted molar refractivity (Wildman–Crippen MR) is 90.8 cm³/mol. The van der Waals surface area contributed by atoms with Crippen LogP contribution in [0, 0.1) is 0 Å². The van der Waals surface area contributed by atoms with E-state index in [1.165, 1.54) is 57.8 Å². The van der Waals surface area contributed by atoms with E-state index >= 15 is 8.78 Å². The van der Waals surface area contributed by atoms with Gasteiger partial charge in [-0.2, -0.15) is 0 Å². The first-order valence-electron chi connectivity index (χ1n) is 7.73. The summed E-state index contributed by atoms with van der Waals surface area (Å²) < 4.78 is 40.7. The van der Waals surface area contributed by atoms with Crippen LogP contribution in [0.5, 0.6) is 0 Å². The summed E-state index contributed by atoms with van der Waals surface area (Å²) in [6, 6.07) is 5.64. The van der Waals surface area contributed by atoms with Crippen LogP contribution in [0.3, 0.4) is 0 Å². The van der Waals surface area contributed by atoms with Crippen molar-refractivity contribution >= 4 is 25.6 Å². The van der Waals surface area contributed by atoms with Gasteiger partial charge in [-0.15, -0.1) is 0 Å². The molecule has 1 aliphatic heterocycles. The maximum atomic E-state index is 15.3. The zero-order chi connectivity index (χ0) is 19.2. The van der Waals surface area contributed by atoms with E-state index < -0.39 is 42.8 Å². The van der Waals surface area contributed by atoms with E-state index in [0.717, 1.165) is 0 Å². The zero-order valence-electron chi connectivity index (χ0n) is 15.7. The topological polar surface area (TPSA) is 58.6 Å². The van der Waals surface area contributed by atoms with E-state index in [-0.39, 0.29) is 42.0 Å². The number of cyclic esters (lactones) is 1. The van der Waals surface area contributed by atoms with E-state index in [4.69, 9.17) is 21.1 Å². The fraction of sp³-hybridized carbons (Fsp3) is 0.471. The Balaban J connectivity index is 0.00000338. The van der Waals surface area contributed by atoms with Crippen LogP contribution < -0.4 is 22.1 Å². The molecule has 0 spiro atoms. The molecule has 1 aromatic carbocycles. The molecule has 0 fully saturated rings. The summed E-state index contributed by atoms with van der Waals surface area (Å²) in [7, 11) is -3.13. The Hall–Kier alpha value is -0.500. The molecule has 1 heterocycles. The molecule has 0 aliphatic carbocycles. The van der Waals surface area contributed by atoms with Crippen molar-refractivity contribution in [3.63, 3.8) is 0 Å². The molecule has 10 heteroatoms. The van der Waals surface area contributed by atoms with Crippen LogP contribution >= 0.6 is 11.6 Å². The number of rotatable bonds is 4. The number of hydrogen-bond acceptors (Lipinski definition) is 4. The number of carbonyl (C=O) groups is 1. The summed E-state index contributed by atoms with van der Waals surface area (Å²) in [5.74, 6) is -5.41. The third-order valence-corrected chi connectivity index (χ3v) is 6.51. The van der Waals surface area contributed by atoms with Crippen LogP contribution in [0.4, 0.5) is 8.78 Å². The van der Waals surface area contributed by atoms with Crippen LogP contribution in [-0.4, -0.2) is 25.4 Å². The second kappa shape index (κ2) is 8.89. The van der Waals surface area contributed by atoms with Gasteiger partial charge in [-0.05, 0) is 31.5 Å². The molecule has 27 heavy (non-hydrogen) atoms. The van der Waals surface area contributed by atoms with Gasteiger partial charge < -0.3 is 31.6 Å². The second-order valence-corrected chi connectivity index (χ2v) is 13.1. The Kier molecular flexibility index (Phi) is 8.72. The van der Waals surface area contributed by atoms with Crippen LogP contribution in [-0.2, 0) is 33.7 Å². The number of benzene rings is 1. The minimum Gasteiger partial charge on any atom is -1.00 e. The molecule has 0 N–H and O–H groups in total. The molecular formula is C17H20BrClF2O4SiZn. The van der Waals surface area contributed by atoms with E-state index in [1.807, 2.05) is 0 Å². The Morgan fingerprint density at radius 3 is 2.04 bits per heavy atom. The summed E-state index contributed by atoms with van der Waals surface area (Å²) in [5, 5.41) is 12.7. The Labute approximate surface area is 186 Å². The SMILES string of the molecule is CC1(C)OC(=O)C(C(c2ccc(Cl)cc2)C(F)(F)[Si](C)(C)C)=C([O-])O1.[Br-].[Zn+2]. The van der Waals surface area contributed by atoms with Crippen molar-refractivity contribution in [2.24, 2.45) is 0 Å². The van der Waals surface area contributed by atoms with Gasteiger partial charge >= 0.3 is 25.4 Å². The number of carbonyl (C=O) groups excluding carboxylic acids is 1. The van der Waals surface area contributed by atoms with E-state index in [9.17, 15) is 9.90 Å². The van der Waals surface area contributed by atoms with Crippen LogP contribution in [0.1, 0.15) is 25.3 Å². The van der Waals surface area contributed by atoms with E-state index in [2.05, 4.69) is 0 Å². The molecular weight excluding hydrogens is 515 g/mol. The van der Waals surface area contributed by atoms with Crippen molar-refractivity contribution in [2.45, 2.75) is 50.7 Å². The molecule has 146 valence electrons. The van der Waals surface area contributed by atoms with Crippen LogP contribution in [0.25, 0.3) is 0 Å². The van der Waals surface area contributed by atoms with Crippen molar-refractivity contribution in [3.8, 4) is 0 Å². The normalized spacial score (nSPS) is 17.9. The van der Waals surface area contributed by atoms with Gasteiger partial charge in [-0.3, -0.25) is 0 Å². The average molecular weight is 535 g/mol. The number of ether oxygens (including phenoxy) is 2. The first-order valence-corrected chi connectivity index (χ1v) is 11.6. The maximum Gasteiger partial charge on any atom is 2.00 e. The molecule has 0 saturated carbocycles. The molecule has 0 saturated heterocycles.